The van der Waals surface area contributed by atoms with Crippen LogP contribution in [-0.2, 0) is 11.3 Å². The number of thioether (sulfide) groups is 1. The highest BCUT2D eigenvalue weighted by Gasteiger charge is 2.32. The number of ketones is 1. The Morgan fingerprint density at radius 3 is 2.66 bits per heavy atom. The molecule has 1 N–H and O–H groups in total. The molecule has 2 aromatic rings. The molecule has 0 bridgehead atoms. The lowest BCUT2D eigenvalue weighted by molar-refractivity contribution is -0.122. The van der Waals surface area contributed by atoms with Crippen molar-refractivity contribution in [1.29, 1.82) is 5.26 Å². The van der Waals surface area contributed by atoms with Gasteiger partial charge < -0.3 is 5.11 Å². The molecule has 0 unspecified atom stereocenters. The van der Waals surface area contributed by atoms with Crippen LogP contribution in [0.4, 0.5) is 0 Å². The maximum atomic E-state index is 13.1. The van der Waals surface area contributed by atoms with Crippen molar-refractivity contribution >= 4 is 57.4 Å². The van der Waals surface area contributed by atoms with E-state index in [1.54, 1.807) is 0 Å². The van der Waals surface area contributed by atoms with Crippen molar-refractivity contribution in [3.05, 3.63) is 54.3 Å². The number of hydrogen-bond acceptors (Lipinski definition) is 8. The molecular formula is C25H27N3O4S3. The van der Waals surface area contributed by atoms with Crippen molar-refractivity contribution in [1.82, 2.24) is 9.47 Å². The number of nitriles is 1. The summed E-state index contributed by atoms with van der Waals surface area (Å²) in [5.74, 6) is -0.955. The fraction of sp³-hybridized carbons (Fsp3) is 0.400. The highest BCUT2D eigenvalue weighted by molar-refractivity contribution is 8.26. The fourth-order valence-electron chi connectivity index (χ4n) is 3.91. The van der Waals surface area contributed by atoms with E-state index in [0.717, 1.165) is 28.7 Å². The molecule has 10 heteroatoms. The molecule has 0 radical (unpaired) electrons. The van der Waals surface area contributed by atoms with Gasteiger partial charge in [0, 0.05) is 24.4 Å². The number of thiophene rings is 1. The Morgan fingerprint density at radius 2 is 2.00 bits per heavy atom. The van der Waals surface area contributed by atoms with Crippen molar-refractivity contribution in [2.24, 2.45) is 0 Å². The van der Waals surface area contributed by atoms with E-state index in [2.05, 4.69) is 6.92 Å². The van der Waals surface area contributed by atoms with Crippen LogP contribution in [0, 0.1) is 18.3 Å². The first-order chi connectivity index (χ1) is 16.8. The number of carbonyl (C=O) groups excluding carboxylic acids is 2. The quantitative estimate of drug-likeness (QED) is 0.184. The van der Waals surface area contributed by atoms with Gasteiger partial charge in [0.25, 0.3) is 11.5 Å². The van der Waals surface area contributed by atoms with Gasteiger partial charge >= 0.3 is 0 Å². The molecular weight excluding hydrogens is 502 g/mol. The summed E-state index contributed by atoms with van der Waals surface area (Å²) >= 11 is 8.12. The number of thiocarbonyl (C=S) groups is 1. The maximum Gasteiger partial charge on any atom is 0.271 e. The smallest absolute Gasteiger partial charge is 0.271 e. The van der Waals surface area contributed by atoms with E-state index >= 15 is 0 Å². The molecule has 3 heterocycles. The number of pyridine rings is 1. The Morgan fingerprint density at radius 1 is 1.23 bits per heavy atom. The van der Waals surface area contributed by atoms with Gasteiger partial charge in [0.1, 0.15) is 16.0 Å². The number of Topliss-reactive ketones (excluding diaryl/α,β-unsaturated/α-hetero) is 1. The molecule has 7 nitrogen and oxygen atoms in total. The average molecular weight is 530 g/mol. The van der Waals surface area contributed by atoms with E-state index in [1.807, 2.05) is 29.7 Å². The van der Waals surface area contributed by atoms with Crippen LogP contribution >= 0.6 is 35.3 Å². The predicted octanol–water partition coefficient (Wildman–Crippen LogP) is 5.24. The highest BCUT2D eigenvalue weighted by Crippen LogP contribution is 2.33. The van der Waals surface area contributed by atoms with Gasteiger partial charge in [-0.2, -0.15) is 5.26 Å². The van der Waals surface area contributed by atoms with Crippen LogP contribution in [0.1, 0.15) is 71.8 Å². The molecule has 1 aliphatic rings. The Kier molecular flexibility index (Phi) is 9.43. The molecule has 0 saturated carbocycles. The third-order valence-electron chi connectivity index (χ3n) is 5.79. The van der Waals surface area contributed by atoms with E-state index in [0.29, 0.717) is 22.1 Å². The normalized spacial score (nSPS) is 14.7. The Balaban J connectivity index is 1.72. The average Bonchev–Trinajstić information content (AvgIpc) is 3.42. The Bertz CT molecular complexity index is 1260. The fourth-order valence-corrected chi connectivity index (χ4v) is 5.94. The van der Waals surface area contributed by atoms with E-state index < -0.39 is 11.4 Å². The molecule has 1 amide bonds. The predicted molar refractivity (Wildman–Crippen MR) is 144 cm³/mol. The summed E-state index contributed by atoms with van der Waals surface area (Å²) in [6.07, 6.45) is 5.74. The van der Waals surface area contributed by atoms with Crippen LogP contribution < -0.4 is 5.56 Å². The van der Waals surface area contributed by atoms with Crippen molar-refractivity contribution < 1.29 is 14.7 Å². The monoisotopic (exact) mass is 529 g/mol. The summed E-state index contributed by atoms with van der Waals surface area (Å²) in [6, 6.07) is 5.72. The second kappa shape index (κ2) is 12.3. The van der Waals surface area contributed by atoms with Crippen LogP contribution in [0.2, 0.25) is 0 Å². The van der Waals surface area contributed by atoms with Crippen molar-refractivity contribution in [2.45, 2.75) is 58.9 Å². The van der Waals surface area contributed by atoms with E-state index in [1.165, 1.54) is 34.9 Å². The number of amides is 1. The number of carbonyl (C=O) groups is 2. The molecule has 0 spiro atoms. The first kappa shape index (κ1) is 26.9. The summed E-state index contributed by atoms with van der Waals surface area (Å²) in [5.41, 5.74) is -0.517. The standard InChI is InChI=1S/C25H27N3O4S3/c1-3-4-5-6-11-27-22(30)18(15-26)16(2)21(24(27)32)19(29)10-7-12-28-23(31)20(35-25(28)33)14-17-9-8-13-34-17/h8-9,13-14,32H,3-7,10-12H2,1-2H3/b20-14-. The third kappa shape index (κ3) is 6.10. The summed E-state index contributed by atoms with van der Waals surface area (Å²) in [5, 5.41) is 22.2. The molecule has 1 fully saturated rings. The minimum atomic E-state index is -0.578. The van der Waals surface area contributed by atoms with Gasteiger partial charge in [0.05, 0.1) is 10.5 Å². The number of nitrogens with zero attached hydrogens (tertiary/aromatic N) is 3. The van der Waals surface area contributed by atoms with E-state index in [9.17, 15) is 24.8 Å². The third-order valence-corrected chi connectivity index (χ3v) is 7.99. The molecule has 0 aliphatic carbocycles. The Hall–Kier alpha value is -2.74. The van der Waals surface area contributed by atoms with Crippen molar-refractivity contribution in [2.75, 3.05) is 6.54 Å². The molecule has 1 saturated heterocycles. The first-order valence-electron chi connectivity index (χ1n) is 11.5. The summed E-state index contributed by atoms with van der Waals surface area (Å²) in [6.45, 7) is 4.08. The Labute approximate surface area is 218 Å². The summed E-state index contributed by atoms with van der Waals surface area (Å²) < 4.78 is 1.57. The molecule has 0 atom stereocenters. The minimum Gasteiger partial charge on any atom is -0.494 e. The second-order valence-corrected chi connectivity index (χ2v) is 10.9. The van der Waals surface area contributed by atoms with Gasteiger partial charge in [-0.1, -0.05) is 56.2 Å². The zero-order chi connectivity index (χ0) is 25.5. The van der Waals surface area contributed by atoms with Gasteiger partial charge in [-0.3, -0.25) is 23.9 Å². The molecule has 1 aliphatic heterocycles. The second-order valence-electron chi connectivity index (χ2n) is 8.20. The van der Waals surface area contributed by atoms with Gasteiger partial charge in [-0.15, -0.1) is 11.3 Å². The molecule has 0 aromatic carbocycles. The van der Waals surface area contributed by atoms with Crippen molar-refractivity contribution in [3.8, 4) is 11.9 Å². The lowest BCUT2D eigenvalue weighted by atomic mass is 9.99. The van der Waals surface area contributed by atoms with Gasteiger partial charge in [0.2, 0.25) is 5.88 Å². The van der Waals surface area contributed by atoms with Gasteiger partial charge in [-0.25, -0.2) is 0 Å². The van der Waals surface area contributed by atoms with E-state index in [-0.39, 0.29) is 47.9 Å². The van der Waals surface area contributed by atoms with E-state index in [4.69, 9.17) is 12.2 Å². The number of unbranched alkanes of at least 4 members (excludes halogenated alkanes) is 3. The molecule has 35 heavy (non-hydrogen) atoms. The zero-order valence-corrected chi connectivity index (χ0v) is 22.2. The lowest BCUT2D eigenvalue weighted by Crippen LogP contribution is -2.29. The van der Waals surface area contributed by atoms with Crippen LogP contribution in [0.25, 0.3) is 6.08 Å². The van der Waals surface area contributed by atoms with Crippen LogP contribution in [0.15, 0.2) is 27.2 Å². The maximum absolute atomic E-state index is 13.1. The number of aromatic nitrogens is 1. The highest BCUT2D eigenvalue weighted by atomic mass is 32.2. The number of hydrogen-bond donors (Lipinski definition) is 1. The largest absolute Gasteiger partial charge is 0.494 e. The zero-order valence-electron chi connectivity index (χ0n) is 19.7. The number of aromatic hydroxyl groups is 1. The van der Waals surface area contributed by atoms with Crippen LogP contribution in [0.5, 0.6) is 5.88 Å². The summed E-state index contributed by atoms with van der Waals surface area (Å²) in [4.78, 5) is 41.5. The molecule has 3 rings (SSSR count). The topological polar surface area (TPSA) is 103 Å². The van der Waals surface area contributed by atoms with Crippen molar-refractivity contribution in [3.63, 3.8) is 0 Å². The first-order valence-corrected chi connectivity index (χ1v) is 13.6. The van der Waals surface area contributed by atoms with Crippen LogP contribution in [-0.4, -0.2) is 37.1 Å². The molecule has 2 aromatic heterocycles. The van der Waals surface area contributed by atoms with Gasteiger partial charge in [0.15, 0.2) is 5.78 Å². The van der Waals surface area contributed by atoms with Crippen LogP contribution in [0.3, 0.4) is 0 Å². The van der Waals surface area contributed by atoms with Gasteiger partial charge in [-0.05, 0) is 42.9 Å². The molecule has 184 valence electrons. The number of rotatable bonds is 11. The summed E-state index contributed by atoms with van der Waals surface area (Å²) in [7, 11) is 0. The lowest BCUT2D eigenvalue weighted by Gasteiger charge is -2.17. The minimum absolute atomic E-state index is 0.000350. The SMILES string of the molecule is CCCCCCn1c(O)c(C(=O)CCCN2C(=O)/C(=C/c3cccs3)SC2=S)c(C)c(C#N)c1=O.